The number of aryl methyl sites for hydroxylation is 1. The minimum atomic E-state index is 0.971. The highest BCUT2D eigenvalue weighted by atomic mass is 79.9. The maximum absolute atomic E-state index is 3.65. The van der Waals surface area contributed by atoms with Gasteiger partial charge in [-0.05, 0) is 41.1 Å². The van der Waals surface area contributed by atoms with E-state index in [1.165, 1.54) is 21.8 Å². The Morgan fingerprint density at radius 2 is 1.88 bits per heavy atom. The van der Waals surface area contributed by atoms with E-state index in [1.54, 1.807) is 0 Å². The smallest absolute Gasteiger partial charge is 0.0635 e. The monoisotopic (exact) mass is 351 g/mol. The van der Waals surface area contributed by atoms with E-state index >= 15 is 0 Å². The van der Waals surface area contributed by atoms with Crippen LogP contribution >= 0.6 is 31.9 Å². The van der Waals surface area contributed by atoms with Crippen LogP contribution in [0.3, 0.4) is 0 Å². The molecule has 0 saturated carbocycles. The van der Waals surface area contributed by atoms with E-state index in [4.69, 9.17) is 0 Å². The Bertz CT molecular complexity index is 713. The number of benzene rings is 2. The van der Waals surface area contributed by atoms with Crippen molar-refractivity contribution in [3.63, 3.8) is 0 Å². The van der Waals surface area contributed by atoms with Crippen LogP contribution in [0.4, 0.5) is 0 Å². The fourth-order valence-electron chi connectivity index (χ4n) is 2.41. The largest absolute Gasteiger partial charge is 0.340 e. The minimum Gasteiger partial charge on any atom is -0.340 e. The van der Waals surface area contributed by atoms with Crippen LogP contribution < -0.4 is 0 Å². The van der Waals surface area contributed by atoms with Gasteiger partial charge >= 0.3 is 0 Å². The van der Waals surface area contributed by atoms with Crippen LogP contribution in [-0.2, 0) is 6.54 Å². The number of halogens is 2. The summed E-state index contributed by atoms with van der Waals surface area (Å²) < 4.78 is 4.63. The molecule has 0 radical (unpaired) electrons. The first-order valence-corrected chi connectivity index (χ1v) is 7.17. The molecule has 1 heterocycles. The molecule has 0 unspecified atom stereocenters. The predicted molar refractivity (Wildman–Crippen MR) is 80.5 cm³/mol. The SMILES string of the molecule is CCn1c2cc(Br)ccc2c2cccc(Br)c21. The summed E-state index contributed by atoms with van der Waals surface area (Å²) >= 11 is 7.20. The lowest BCUT2D eigenvalue weighted by molar-refractivity contribution is 0.825. The zero-order valence-corrected chi connectivity index (χ0v) is 12.5. The molecule has 0 N–H and O–H groups in total. The number of hydrogen-bond donors (Lipinski definition) is 0. The fraction of sp³-hybridized carbons (Fsp3) is 0.143. The molecule has 17 heavy (non-hydrogen) atoms. The van der Waals surface area contributed by atoms with Crippen LogP contribution in [-0.4, -0.2) is 4.57 Å². The molecular formula is C14H11Br2N. The van der Waals surface area contributed by atoms with Crippen molar-refractivity contribution in [3.8, 4) is 0 Å². The van der Waals surface area contributed by atoms with E-state index in [0.717, 1.165) is 15.5 Å². The normalized spacial score (nSPS) is 11.5. The second kappa shape index (κ2) is 4.14. The first-order chi connectivity index (χ1) is 8.22. The van der Waals surface area contributed by atoms with Crippen LogP contribution in [0.25, 0.3) is 21.8 Å². The lowest BCUT2D eigenvalue weighted by atomic mass is 10.2. The Hall–Kier alpha value is -0.800. The van der Waals surface area contributed by atoms with Crippen molar-refractivity contribution < 1.29 is 0 Å². The van der Waals surface area contributed by atoms with E-state index in [1.807, 2.05) is 0 Å². The average Bonchev–Trinajstić information content (AvgIpc) is 2.63. The lowest BCUT2D eigenvalue weighted by Gasteiger charge is -2.04. The highest BCUT2D eigenvalue weighted by Gasteiger charge is 2.11. The van der Waals surface area contributed by atoms with Crippen molar-refractivity contribution in [2.75, 3.05) is 0 Å². The highest BCUT2D eigenvalue weighted by Crippen LogP contribution is 2.34. The van der Waals surface area contributed by atoms with E-state index in [9.17, 15) is 0 Å². The molecule has 3 aromatic rings. The molecule has 86 valence electrons. The van der Waals surface area contributed by atoms with Crippen molar-refractivity contribution in [1.82, 2.24) is 4.57 Å². The second-order valence-corrected chi connectivity index (χ2v) is 5.81. The first kappa shape index (κ1) is 11.3. The van der Waals surface area contributed by atoms with Crippen molar-refractivity contribution in [3.05, 3.63) is 45.3 Å². The quantitative estimate of drug-likeness (QED) is 0.557. The summed E-state index contributed by atoms with van der Waals surface area (Å²) in [6.07, 6.45) is 0. The highest BCUT2D eigenvalue weighted by molar-refractivity contribution is 9.11. The van der Waals surface area contributed by atoms with Gasteiger partial charge in [-0.25, -0.2) is 0 Å². The van der Waals surface area contributed by atoms with Gasteiger partial charge in [0.25, 0.3) is 0 Å². The van der Waals surface area contributed by atoms with Gasteiger partial charge in [-0.15, -0.1) is 0 Å². The molecule has 0 saturated heterocycles. The molecule has 1 nitrogen and oxygen atoms in total. The summed E-state index contributed by atoms with van der Waals surface area (Å²) in [6.45, 7) is 3.15. The number of rotatable bonds is 1. The number of hydrogen-bond acceptors (Lipinski definition) is 0. The van der Waals surface area contributed by atoms with Gasteiger partial charge in [-0.2, -0.15) is 0 Å². The second-order valence-electron chi connectivity index (χ2n) is 4.04. The van der Waals surface area contributed by atoms with Crippen LogP contribution in [0.15, 0.2) is 45.3 Å². The molecule has 0 aliphatic carbocycles. The molecule has 0 spiro atoms. The number of fused-ring (bicyclic) bond motifs is 3. The zero-order chi connectivity index (χ0) is 12.0. The molecule has 0 aliphatic heterocycles. The molecule has 0 amide bonds. The average molecular weight is 353 g/mol. The molecule has 0 fully saturated rings. The Kier molecular flexibility index (Phi) is 2.75. The van der Waals surface area contributed by atoms with Crippen LogP contribution in [0.2, 0.25) is 0 Å². The van der Waals surface area contributed by atoms with Crippen LogP contribution in [0.5, 0.6) is 0 Å². The number of aromatic nitrogens is 1. The van der Waals surface area contributed by atoms with E-state index in [0.29, 0.717) is 0 Å². The van der Waals surface area contributed by atoms with Gasteiger partial charge < -0.3 is 4.57 Å². The third kappa shape index (κ3) is 1.64. The molecule has 0 aliphatic rings. The van der Waals surface area contributed by atoms with Gasteiger partial charge in [-0.3, -0.25) is 0 Å². The molecule has 0 bridgehead atoms. The molecule has 3 rings (SSSR count). The predicted octanol–water partition coefficient (Wildman–Crippen LogP) is 5.34. The Morgan fingerprint density at radius 3 is 2.65 bits per heavy atom. The zero-order valence-electron chi connectivity index (χ0n) is 9.37. The van der Waals surface area contributed by atoms with Gasteiger partial charge in [0.05, 0.1) is 11.0 Å². The molecule has 3 heteroatoms. The lowest BCUT2D eigenvalue weighted by Crippen LogP contribution is -1.93. The van der Waals surface area contributed by atoms with Crippen molar-refractivity contribution in [1.29, 1.82) is 0 Å². The van der Waals surface area contributed by atoms with Gasteiger partial charge in [0, 0.05) is 26.3 Å². The third-order valence-corrected chi connectivity index (χ3v) is 4.25. The number of para-hydroxylation sites is 1. The summed E-state index contributed by atoms with van der Waals surface area (Å²) in [5.74, 6) is 0. The Labute approximate surface area is 117 Å². The maximum atomic E-state index is 3.65. The van der Waals surface area contributed by atoms with Crippen LogP contribution in [0.1, 0.15) is 6.92 Å². The summed E-state index contributed by atoms with van der Waals surface area (Å²) in [7, 11) is 0. The summed E-state index contributed by atoms with van der Waals surface area (Å²) in [4.78, 5) is 0. The van der Waals surface area contributed by atoms with E-state index in [-0.39, 0.29) is 0 Å². The van der Waals surface area contributed by atoms with Gasteiger partial charge in [0.1, 0.15) is 0 Å². The van der Waals surface area contributed by atoms with Crippen molar-refractivity contribution in [2.45, 2.75) is 13.5 Å². The molecule has 0 atom stereocenters. The Balaban J connectivity index is 2.61. The molecule has 1 aromatic heterocycles. The fourth-order valence-corrected chi connectivity index (χ4v) is 3.34. The summed E-state index contributed by atoms with van der Waals surface area (Å²) in [6, 6.07) is 12.8. The first-order valence-electron chi connectivity index (χ1n) is 5.58. The van der Waals surface area contributed by atoms with E-state index in [2.05, 4.69) is 79.7 Å². The van der Waals surface area contributed by atoms with Gasteiger partial charge in [0.15, 0.2) is 0 Å². The summed E-state index contributed by atoms with van der Waals surface area (Å²) in [5.41, 5.74) is 2.56. The Morgan fingerprint density at radius 1 is 1.06 bits per heavy atom. The number of nitrogens with zero attached hydrogens (tertiary/aromatic N) is 1. The van der Waals surface area contributed by atoms with Crippen molar-refractivity contribution in [2.24, 2.45) is 0 Å². The topological polar surface area (TPSA) is 4.93 Å². The minimum absolute atomic E-state index is 0.971. The van der Waals surface area contributed by atoms with Crippen molar-refractivity contribution >= 4 is 53.7 Å². The van der Waals surface area contributed by atoms with Crippen LogP contribution in [0, 0.1) is 0 Å². The van der Waals surface area contributed by atoms with Gasteiger partial charge in [0.2, 0.25) is 0 Å². The standard InChI is InChI=1S/C14H11Br2N/c1-2-17-13-8-9(15)6-7-10(13)11-4-3-5-12(16)14(11)17/h3-8H,2H2,1H3. The maximum Gasteiger partial charge on any atom is 0.0635 e. The third-order valence-electron chi connectivity index (χ3n) is 3.11. The molecule has 2 aromatic carbocycles. The molecular weight excluding hydrogens is 342 g/mol. The van der Waals surface area contributed by atoms with Gasteiger partial charge in [-0.1, -0.05) is 34.1 Å². The summed E-state index contributed by atoms with van der Waals surface area (Å²) in [5, 5.41) is 2.62. The van der Waals surface area contributed by atoms with E-state index < -0.39 is 0 Å².